The topological polar surface area (TPSA) is 117 Å². The van der Waals surface area contributed by atoms with Crippen LogP contribution in [-0.4, -0.2) is 34.8 Å². The lowest BCUT2D eigenvalue weighted by molar-refractivity contribution is -0.124. The van der Waals surface area contributed by atoms with E-state index in [1.165, 1.54) is 0 Å². The Kier molecular flexibility index (Phi) is 6.37. The minimum Gasteiger partial charge on any atom is -0.464 e. The quantitative estimate of drug-likeness (QED) is 0.625. The number of carbonyl (C=O) groups excluding carboxylic acids is 2. The van der Waals surface area contributed by atoms with Gasteiger partial charge in [-0.1, -0.05) is 30.3 Å². The Hall–Kier alpha value is -2.77. The fraction of sp³-hybridized carbons (Fsp3) is 0.400. The van der Waals surface area contributed by atoms with E-state index in [4.69, 9.17) is 9.84 Å². The summed E-state index contributed by atoms with van der Waals surface area (Å²) in [6.45, 7) is 5.10. The summed E-state index contributed by atoms with van der Waals surface area (Å²) >= 11 is 0. The van der Waals surface area contributed by atoms with E-state index >= 15 is 0 Å². The van der Waals surface area contributed by atoms with Crippen molar-refractivity contribution in [3.05, 3.63) is 35.9 Å². The van der Waals surface area contributed by atoms with Gasteiger partial charge >= 0.3 is 12.2 Å². The standard InChI is InChI=1S/C15H21N3O5/c1-15(2,3)23-14(22)16-11(12(19)17-18-13(20)21)9-10-7-5-4-6-8-10/h4-8,11,18H,9H2,1-3H3,(H,16,22)(H,17,19)(H,20,21)/t11-/m1/s1. The predicted molar refractivity (Wildman–Crippen MR) is 82.6 cm³/mol. The maximum Gasteiger partial charge on any atom is 0.423 e. The van der Waals surface area contributed by atoms with Gasteiger partial charge < -0.3 is 15.2 Å². The van der Waals surface area contributed by atoms with Crippen LogP contribution in [0.5, 0.6) is 0 Å². The first-order valence-electron chi connectivity index (χ1n) is 6.99. The molecule has 0 aliphatic heterocycles. The number of nitrogens with one attached hydrogen (secondary N) is 3. The molecule has 0 radical (unpaired) electrons. The minimum atomic E-state index is -1.41. The molecule has 8 heteroatoms. The highest BCUT2D eigenvalue weighted by molar-refractivity contribution is 5.87. The van der Waals surface area contributed by atoms with Gasteiger partial charge in [0.25, 0.3) is 5.91 Å². The van der Waals surface area contributed by atoms with Gasteiger partial charge in [0.15, 0.2) is 0 Å². The molecule has 0 saturated heterocycles. The van der Waals surface area contributed by atoms with Gasteiger partial charge in [-0.3, -0.25) is 10.2 Å². The molecule has 4 N–H and O–H groups in total. The Labute approximate surface area is 134 Å². The Bertz CT molecular complexity index is 554. The Balaban J connectivity index is 2.77. The van der Waals surface area contributed by atoms with Crippen molar-refractivity contribution in [2.45, 2.75) is 38.8 Å². The summed E-state index contributed by atoms with van der Waals surface area (Å²) in [5, 5.41) is 11.0. The van der Waals surface area contributed by atoms with Gasteiger partial charge in [-0.15, -0.1) is 0 Å². The molecular formula is C15H21N3O5. The molecule has 0 fully saturated rings. The molecule has 0 aliphatic rings. The van der Waals surface area contributed by atoms with E-state index in [-0.39, 0.29) is 6.42 Å². The second-order valence-electron chi connectivity index (χ2n) is 5.81. The lowest BCUT2D eigenvalue weighted by atomic mass is 10.1. The van der Waals surface area contributed by atoms with E-state index in [0.29, 0.717) is 0 Å². The number of hydrogen-bond acceptors (Lipinski definition) is 4. The van der Waals surface area contributed by atoms with Crippen molar-refractivity contribution in [3.63, 3.8) is 0 Å². The zero-order valence-electron chi connectivity index (χ0n) is 13.3. The minimum absolute atomic E-state index is 0.188. The zero-order chi connectivity index (χ0) is 17.5. The molecule has 3 amide bonds. The summed E-state index contributed by atoms with van der Waals surface area (Å²) in [4.78, 5) is 34.4. The van der Waals surface area contributed by atoms with Crippen LogP contribution in [-0.2, 0) is 16.0 Å². The van der Waals surface area contributed by atoms with Crippen LogP contribution >= 0.6 is 0 Å². The van der Waals surface area contributed by atoms with E-state index in [1.54, 1.807) is 50.5 Å². The summed E-state index contributed by atoms with van der Waals surface area (Å²) in [6, 6.07) is 8.02. The number of hydrogen-bond donors (Lipinski definition) is 4. The smallest absolute Gasteiger partial charge is 0.423 e. The van der Waals surface area contributed by atoms with Gasteiger partial charge in [0.05, 0.1) is 0 Å². The molecule has 1 aromatic rings. The molecule has 126 valence electrons. The van der Waals surface area contributed by atoms with Crippen LogP contribution in [0.2, 0.25) is 0 Å². The van der Waals surface area contributed by atoms with E-state index < -0.39 is 29.7 Å². The maximum atomic E-state index is 12.0. The summed E-state index contributed by atoms with van der Waals surface area (Å²) in [6.07, 6.45) is -1.98. The fourth-order valence-corrected chi connectivity index (χ4v) is 1.71. The molecular weight excluding hydrogens is 302 g/mol. The van der Waals surface area contributed by atoms with Crippen molar-refractivity contribution in [1.82, 2.24) is 16.2 Å². The Morgan fingerprint density at radius 3 is 2.26 bits per heavy atom. The molecule has 0 unspecified atom stereocenters. The Morgan fingerprint density at radius 2 is 1.74 bits per heavy atom. The summed E-state index contributed by atoms with van der Waals surface area (Å²) in [5.74, 6) is -0.692. The second-order valence-corrected chi connectivity index (χ2v) is 5.81. The first-order chi connectivity index (χ1) is 10.7. The van der Waals surface area contributed by atoms with Crippen molar-refractivity contribution in [2.24, 2.45) is 0 Å². The highest BCUT2D eigenvalue weighted by Crippen LogP contribution is 2.08. The maximum absolute atomic E-state index is 12.0. The van der Waals surface area contributed by atoms with Gasteiger partial charge in [0, 0.05) is 6.42 Å². The lowest BCUT2D eigenvalue weighted by Crippen LogP contribution is -2.53. The van der Waals surface area contributed by atoms with Crippen molar-refractivity contribution in [3.8, 4) is 0 Å². The van der Waals surface area contributed by atoms with Gasteiger partial charge in [0.1, 0.15) is 11.6 Å². The van der Waals surface area contributed by atoms with E-state index in [0.717, 1.165) is 5.56 Å². The summed E-state index contributed by atoms with van der Waals surface area (Å²) in [7, 11) is 0. The number of carboxylic acid groups (broad SMARTS) is 1. The van der Waals surface area contributed by atoms with E-state index in [2.05, 4.69) is 5.32 Å². The molecule has 0 spiro atoms. The van der Waals surface area contributed by atoms with E-state index in [9.17, 15) is 14.4 Å². The third-order valence-corrected chi connectivity index (χ3v) is 2.58. The SMILES string of the molecule is CC(C)(C)OC(=O)N[C@H](Cc1ccccc1)C(=O)NNC(=O)O. The molecule has 8 nitrogen and oxygen atoms in total. The number of hydrazine groups is 1. The number of amides is 3. The lowest BCUT2D eigenvalue weighted by Gasteiger charge is -2.23. The first kappa shape index (κ1) is 18.3. The molecule has 0 bridgehead atoms. The third kappa shape index (κ3) is 7.70. The van der Waals surface area contributed by atoms with Crippen LogP contribution in [0.1, 0.15) is 26.3 Å². The van der Waals surface area contributed by atoms with Crippen LogP contribution in [0.15, 0.2) is 30.3 Å². The predicted octanol–water partition coefficient (Wildman–Crippen LogP) is 1.42. The average Bonchev–Trinajstić information content (AvgIpc) is 2.43. The number of rotatable bonds is 4. The molecule has 0 heterocycles. The van der Waals surface area contributed by atoms with E-state index in [1.807, 2.05) is 11.5 Å². The number of carbonyl (C=O) groups is 3. The van der Waals surface area contributed by atoms with Crippen LogP contribution in [0.25, 0.3) is 0 Å². The normalized spacial score (nSPS) is 12.0. The summed E-state index contributed by atoms with van der Waals surface area (Å²) < 4.78 is 5.11. The number of ether oxygens (including phenoxy) is 1. The van der Waals surface area contributed by atoms with Gasteiger partial charge in [0.2, 0.25) is 0 Å². The molecule has 0 aromatic heterocycles. The highest BCUT2D eigenvalue weighted by atomic mass is 16.6. The summed E-state index contributed by atoms with van der Waals surface area (Å²) in [5.41, 5.74) is 3.86. The zero-order valence-corrected chi connectivity index (χ0v) is 13.3. The largest absolute Gasteiger partial charge is 0.464 e. The molecule has 0 aliphatic carbocycles. The van der Waals surface area contributed by atoms with Crippen LogP contribution in [0, 0.1) is 0 Å². The monoisotopic (exact) mass is 323 g/mol. The highest BCUT2D eigenvalue weighted by Gasteiger charge is 2.25. The van der Waals surface area contributed by atoms with Crippen LogP contribution in [0.4, 0.5) is 9.59 Å². The fourth-order valence-electron chi connectivity index (χ4n) is 1.71. The van der Waals surface area contributed by atoms with Crippen molar-refractivity contribution in [1.29, 1.82) is 0 Å². The molecule has 1 atom stereocenters. The first-order valence-corrected chi connectivity index (χ1v) is 6.99. The number of alkyl carbamates (subject to hydrolysis) is 1. The molecule has 1 aromatic carbocycles. The second kappa shape index (κ2) is 8.02. The number of benzene rings is 1. The van der Waals surface area contributed by atoms with Gasteiger partial charge in [-0.2, -0.15) is 0 Å². The van der Waals surface area contributed by atoms with Crippen molar-refractivity contribution < 1.29 is 24.2 Å². The van der Waals surface area contributed by atoms with Crippen molar-refractivity contribution >= 4 is 18.1 Å². The van der Waals surface area contributed by atoms with Crippen LogP contribution < -0.4 is 16.2 Å². The van der Waals surface area contributed by atoms with Crippen LogP contribution in [0.3, 0.4) is 0 Å². The van der Waals surface area contributed by atoms with Crippen molar-refractivity contribution in [2.75, 3.05) is 0 Å². The Morgan fingerprint density at radius 1 is 1.13 bits per heavy atom. The molecule has 1 rings (SSSR count). The molecule has 23 heavy (non-hydrogen) atoms. The average molecular weight is 323 g/mol. The van der Waals surface area contributed by atoms with Gasteiger partial charge in [-0.25, -0.2) is 15.0 Å². The van der Waals surface area contributed by atoms with Gasteiger partial charge in [-0.05, 0) is 26.3 Å². The molecule has 0 saturated carbocycles. The third-order valence-electron chi connectivity index (χ3n) is 2.58.